The molecule has 130 valence electrons. The Balaban J connectivity index is 2.47. The van der Waals surface area contributed by atoms with E-state index in [0.29, 0.717) is 6.04 Å². The molecule has 0 saturated heterocycles. The number of rotatable bonds is 8. The van der Waals surface area contributed by atoms with Gasteiger partial charge in [0.25, 0.3) is 0 Å². The fraction of sp³-hybridized carbons (Fsp3) is 0.944. The zero-order chi connectivity index (χ0) is 16.8. The molecule has 0 aromatic rings. The van der Waals surface area contributed by atoms with Gasteiger partial charge in [0.2, 0.25) is 0 Å². The van der Waals surface area contributed by atoms with Crippen LogP contribution in [0.25, 0.3) is 0 Å². The van der Waals surface area contributed by atoms with Gasteiger partial charge in [-0.15, -0.1) is 0 Å². The molecule has 4 heteroatoms. The summed E-state index contributed by atoms with van der Waals surface area (Å²) in [6.07, 6.45) is 6.53. The number of nitrogens with one attached hydrogen (secondary N) is 2. The number of carbonyl (C=O) groups excluding carboxylic acids is 1. The van der Waals surface area contributed by atoms with E-state index in [4.69, 9.17) is 4.74 Å². The average Bonchev–Trinajstić information content (AvgIpc) is 2.37. The predicted octanol–water partition coefficient (Wildman–Crippen LogP) is 4.24. The molecule has 4 nitrogen and oxygen atoms in total. The second-order valence-electron chi connectivity index (χ2n) is 8.00. The van der Waals surface area contributed by atoms with Crippen LogP contribution in [0.2, 0.25) is 0 Å². The summed E-state index contributed by atoms with van der Waals surface area (Å²) in [5.41, 5.74) is -0.545. The van der Waals surface area contributed by atoms with Crippen LogP contribution in [0.3, 0.4) is 0 Å². The Morgan fingerprint density at radius 2 is 1.86 bits per heavy atom. The van der Waals surface area contributed by atoms with E-state index in [-0.39, 0.29) is 11.6 Å². The van der Waals surface area contributed by atoms with E-state index < -0.39 is 5.60 Å². The van der Waals surface area contributed by atoms with Crippen molar-refractivity contribution in [1.29, 1.82) is 0 Å². The topological polar surface area (TPSA) is 50.4 Å². The third-order valence-electron chi connectivity index (χ3n) is 4.68. The normalized spacial score (nSPS) is 19.9. The fourth-order valence-corrected chi connectivity index (χ4v) is 2.86. The van der Waals surface area contributed by atoms with E-state index in [1.807, 2.05) is 20.8 Å². The minimum absolute atomic E-state index is 0.106. The number of carbonyl (C=O) groups is 1. The van der Waals surface area contributed by atoms with Gasteiger partial charge in [0.1, 0.15) is 5.60 Å². The van der Waals surface area contributed by atoms with Gasteiger partial charge >= 0.3 is 6.09 Å². The summed E-state index contributed by atoms with van der Waals surface area (Å²) in [6, 6.07) is 0.535. The van der Waals surface area contributed by atoms with Crippen molar-refractivity contribution in [3.8, 4) is 0 Å². The van der Waals surface area contributed by atoms with Crippen LogP contribution in [0.4, 0.5) is 4.79 Å². The molecule has 2 N–H and O–H groups in total. The van der Waals surface area contributed by atoms with Crippen LogP contribution in [-0.4, -0.2) is 29.8 Å². The molecule has 1 aliphatic carbocycles. The van der Waals surface area contributed by atoms with Crippen LogP contribution in [0.15, 0.2) is 0 Å². The molecular formula is C18H36N2O2. The average molecular weight is 312 g/mol. The summed E-state index contributed by atoms with van der Waals surface area (Å²) in [7, 11) is 0. The predicted molar refractivity (Wildman–Crippen MR) is 92.1 cm³/mol. The smallest absolute Gasteiger partial charge is 0.408 e. The van der Waals surface area contributed by atoms with Crippen LogP contribution in [-0.2, 0) is 4.74 Å². The van der Waals surface area contributed by atoms with Crippen molar-refractivity contribution in [1.82, 2.24) is 10.6 Å². The molecule has 2 unspecified atom stereocenters. The lowest BCUT2D eigenvalue weighted by molar-refractivity contribution is 0.0377. The highest BCUT2D eigenvalue weighted by atomic mass is 16.6. The Morgan fingerprint density at radius 1 is 1.23 bits per heavy atom. The lowest BCUT2D eigenvalue weighted by Gasteiger charge is -2.43. The van der Waals surface area contributed by atoms with E-state index in [2.05, 4.69) is 31.4 Å². The molecule has 0 spiro atoms. The maximum atomic E-state index is 12.0. The van der Waals surface area contributed by atoms with Crippen molar-refractivity contribution in [2.45, 2.75) is 97.2 Å². The summed E-state index contributed by atoms with van der Waals surface area (Å²) in [5.74, 6) is 0.744. The summed E-state index contributed by atoms with van der Waals surface area (Å²) in [6.45, 7) is 13.3. The third-order valence-corrected chi connectivity index (χ3v) is 4.68. The molecule has 1 amide bonds. The standard InChI is InChI=1S/C18H36N2O2/c1-7-14(3)12-15(8-2)19-13-18(10-9-11-18)20-16(21)22-17(4,5)6/h14-15,19H,7-13H2,1-6H3,(H,20,21). The van der Waals surface area contributed by atoms with Crippen LogP contribution < -0.4 is 10.6 Å². The van der Waals surface area contributed by atoms with E-state index in [1.54, 1.807) is 0 Å². The minimum atomic E-state index is -0.440. The van der Waals surface area contributed by atoms with Gasteiger partial charge in [-0.1, -0.05) is 27.2 Å². The largest absolute Gasteiger partial charge is 0.444 e. The first-order valence-corrected chi connectivity index (χ1v) is 8.94. The highest BCUT2D eigenvalue weighted by Gasteiger charge is 2.39. The quantitative estimate of drug-likeness (QED) is 0.705. The summed E-state index contributed by atoms with van der Waals surface area (Å²) in [5, 5.41) is 6.78. The van der Waals surface area contributed by atoms with Gasteiger partial charge in [-0.2, -0.15) is 0 Å². The molecule has 2 atom stereocenters. The molecule has 1 fully saturated rings. The number of alkyl carbamates (subject to hydrolysis) is 1. The molecule has 22 heavy (non-hydrogen) atoms. The molecule has 0 radical (unpaired) electrons. The van der Waals surface area contributed by atoms with E-state index in [9.17, 15) is 4.79 Å². The second-order valence-corrected chi connectivity index (χ2v) is 8.00. The van der Waals surface area contributed by atoms with Crippen LogP contribution in [0, 0.1) is 5.92 Å². The van der Waals surface area contributed by atoms with Crippen molar-refractivity contribution < 1.29 is 9.53 Å². The number of ether oxygens (including phenoxy) is 1. The molecule has 0 heterocycles. The summed E-state index contributed by atoms with van der Waals surface area (Å²) < 4.78 is 5.41. The van der Waals surface area contributed by atoms with Gasteiger partial charge in [-0.25, -0.2) is 4.79 Å². The first-order chi connectivity index (χ1) is 10.2. The molecule has 1 saturated carbocycles. The SMILES string of the molecule is CCC(C)CC(CC)NCC1(NC(=O)OC(C)(C)C)CCC1. The number of hydrogen-bond acceptors (Lipinski definition) is 3. The number of hydrogen-bond donors (Lipinski definition) is 2. The van der Waals surface area contributed by atoms with Crippen molar-refractivity contribution in [2.75, 3.05) is 6.54 Å². The van der Waals surface area contributed by atoms with Crippen LogP contribution in [0.1, 0.15) is 80.1 Å². The third kappa shape index (κ3) is 6.55. The number of amides is 1. The van der Waals surface area contributed by atoms with Gasteiger partial charge < -0.3 is 15.4 Å². The van der Waals surface area contributed by atoms with E-state index in [1.165, 1.54) is 19.3 Å². The van der Waals surface area contributed by atoms with Gasteiger partial charge in [-0.3, -0.25) is 0 Å². The first-order valence-electron chi connectivity index (χ1n) is 8.94. The van der Waals surface area contributed by atoms with Gasteiger partial charge in [0.15, 0.2) is 0 Å². The Labute approximate surface area is 136 Å². The molecule has 0 aliphatic heterocycles. The van der Waals surface area contributed by atoms with Crippen molar-refractivity contribution in [2.24, 2.45) is 5.92 Å². The van der Waals surface area contributed by atoms with Gasteiger partial charge in [-0.05, 0) is 58.8 Å². The van der Waals surface area contributed by atoms with E-state index in [0.717, 1.165) is 31.7 Å². The van der Waals surface area contributed by atoms with Crippen molar-refractivity contribution >= 4 is 6.09 Å². The Hall–Kier alpha value is -0.770. The van der Waals surface area contributed by atoms with Crippen LogP contribution in [0.5, 0.6) is 0 Å². The van der Waals surface area contributed by atoms with Crippen LogP contribution >= 0.6 is 0 Å². The minimum Gasteiger partial charge on any atom is -0.444 e. The lowest BCUT2D eigenvalue weighted by atomic mass is 9.76. The zero-order valence-electron chi connectivity index (χ0n) is 15.4. The second kappa shape index (κ2) is 8.19. The summed E-state index contributed by atoms with van der Waals surface area (Å²) in [4.78, 5) is 12.0. The first kappa shape index (κ1) is 19.3. The summed E-state index contributed by atoms with van der Waals surface area (Å²) >= 11 is 0. The van der Waals surface area contributed by atoms with Gasteiger partial charge in [0, 0.05) is 12.6 Å². The van der Waals surface area contributed by atoms with Crippen molar-refractivity contribution in [3.63, 3.8) is 0 Å². The molecule has 1 aliphatic rings. The van der Waals surface area contributed by atoms with E-state index >= 15 is 0 Å². The molecule has 0 aromatic heterocycles. The lowest BCUT2D eigenvalue weighted by Crippen LogP contribution is -2.60. The molecule has 0 bridgehead atoms. The Kier molecular flexibility index (Phi) is 7.17. The zero-order valence-corrected chi connectivity index (χ0v) is 15.4. The Morgan fingerprint density at radius 3 is 2.27 bits per heavy atom. The maximum Gasteiger partial charge on any atom is 0.408 e. The molecule has 1 rings (SSSR count). The Bertz CT molecular complexity index is 345. The van der Waals surface area contributed by atoms with Crippen molar-refractivity contribution in [3.05, 3.63) is 0 Å². The fourth-order valence-electron chi connectivity index (χ4n) is 2.86. The molecular weight excluding hydrogens is 276 g/mol. The van der Waals surface area contributed by atoms with Gasteiger partial charge in [0.05, 0.1) is 5.54 Å². The highest BCUT2D eigenvalue weighted by molar-refractivity contribution is 5.69. The molecule has 0 aromatic carbocycles. The monoisotopic (exact) mass is 312 g/mol. The highest BCUT2D eigenvalue weighted by Crippen LogP contribution is 2.32. The maximum absolute atomic E-state index is 12.0.